The molecule has 2 aromatic carbocycles. The molecule has 9 heteroatoms. The summed E-state index contributed by atoms with van der Waals surface area (Å²) in [5.41, 5.74) is 7.18. The van der Waals surface area contributed by atoms with Crippen molar-refractivity contribution in [1.29, 1.82) is 0 Å². The molecule has 2 aliphatic rings. The van der Waals surface area contributed by atoms with Gasteiger partial charge in [0.2, 0.25) is 5.91 Å². The van der Waals surface area contributed by atoms with Crippen LogP contribution in [-0.2, 0) is 4.79 Å². The molecule has 0 aromatic heterocycles. The highest BCUT2D eigenvalue weighted by atomic mass is 16.6. The van der Waals surface area contributed by atoms with Crippen molar-refractivity contribution < 1.29 is 14.5 Å². The molecule has 1 saturated carbocycles. The first-order valence-electron chi connectivity index (χ1n) is 10.4. The predicted octanol–water partition coefficient (Wildman–Crippen LogP) is 1.84. The van der Waals surface area contributed by atoms with Gasteiger partial charge in [-0.1, -0.05) is 30.3 Å². The Bertz CT molecular complexity index is 985. The Morgan fingerprint density at radius 1 is 1.06 bits per heavy atom. The van der Waals surface area contributed by atoms with Gasteiger partial charge in [0.1, 0.15) is 11.7 Å². The van der Waals surface area contributed by atoms with Gasteiger partial charge in [-0.25, -0.2) is 0 Å². The van der Waals surface area contributed by atoms with Crippen molar-refractivity contribution in [3.63, 3.8) is 0 Å². The van der Waals surface area contributed by atoms with E-state index in [0.717, 1.165) is 18.4 Å². The molecule has 1 aliphatic heterocycles. The van der Waals surface area contributed by atoms with Crippen molar-refractivity contribution >= 4 is 23.2 Å². The molecule has 0 radical (unpaired) electrons. The molecular formula is C22H25N5O4. The fraction of sp³-hybridized carbons (Fsp3) is 0.364. The summed E-state index contributed by atoms with van der Waals surface area (Å²) in [6.07, 6.45) is 1.90. The zero-order chi connectivity index (χ0) is 22.0. The largest absolute Gasteiger partial charge is 0.368 e. The van der Waals surface area contributed by atoms with Crippen LogP contribution >= 0.6 is 0 Å². The lowest BCUT2D eigenvalue weighted by Gasteiger charge is -2.39. The van der Waals surface area contributed by atoms with Gasteiger partial charge >= 0.3 is 0 Å². The maximum absolute atomic E-state index is 12.3. The van der Waals surface area contributed by atoms with E-state index in [4.69, 9.17) is 5.73 Å². The van der Waals surface area contributed by atoms with Gasteiger partial charge in [-0.05, 0) is 30.5 Å². The number of nitrogens with one attached hydrogen (secondary N) is 1. The summed E-state index contributed by atoms with van der Waals surface area (Å²) in [5, 5.41) is 14.6. The molecule has 2 amide bonds. The zero-order valence-electron chi connectivity index (χ0n) is 17.1. The second kappa shape index (κ2) is 8.73. The Morgan fingerprint density at radius 3 is 2.32 bits per heavy atom. The number of hydrogen-bond acceptors (Lipinski definition) is 6. The summed E-state index contributed by atoms with van der Waals surface area (Å²) in [4.78, 5) is 39.6. The number of carbonyl (C=O) groups excluding carboxylic acids is 2. The van der Waals surface area contributed by atoms with E-state index in [9.17, 15) is 19.7 Å². The van der Waals surface area contributed by atoms with Crippen LogP contribution in [0.2, 0.25) is 0 Å². The summed E-state index contributed by atoms with van der Waals surface area (Å²) < 4.78 is 0. The monoisotopic (exact) mass is 423 g/mol. The number of anilines is 1. The Morgan fingerprint density at radius 2 is 1.74 bits per heavy atom. The Hall–Kier alpha value is -3.46. The number of piperazine rings is 1. The quantitative estimate of drug-likeness (QED) is 0.518. The van der Waals surface area contributed by atoms with E-state index < -0.39 is 16.9 Å². The third-order valence-electron chi connectivity index (χ3n) is 5.75. The fourth-order valence-corrected chi connectivity index (χ4v) is 3.99. The number of nitro benzene ring substituents is 1. The summed E-state index contributed by atoms with van der Waals surface area (Å²) in [6.45, 7) is 2.07. The Kier molecular flexibility index (Phi) is 5.85. The van der Waals surface area contributed by atoms with Gasteiger partial charge in [0.25, 0.3) is 11.6 Å². The maximum atomic E-state index is 12.3. The van der Waals surface area contributed by atoms with Gasteiger partial charge < -0.3 is 16.0 Å². The highest BCUT2D eigenvalue weighted by Gasteiger charge is 2.31. The molecule has 1 atom stereocenters. The molecule has 0 spiro atoms. The number of rotatable bonds is 7. The number of benzene rings is 2. The zero-order valence-corrected chi connectivity index (χ0v) is 17.1. The van der Waals surface area contributed by atoms with Crippen molar-refractivity contribution in [2.75, 3.05) is 31.1 Å². The minimum atomic E-state index is -0.535. The number of nitrogens with two attached hydrogens (primary N) is 1. The molecule has 3 N–H and O–H groups in total. The molecule has 1 unspecified atom stereocenters. The number of primary amides is 1. The Labute approximate surface area is 180 Å². The lowest BCUT2D eigenvalue weighted by atomic mass is 10.0. The number of nitrogens with zero attached hydrogens (tertiary/aromatic N) is 3. The van der Waals surface area contributed by atoms with Crippen molar-refractivity contribution in [3.05, 3.63) is 69.8 Å². The first-order chi connectivity index (χ1) is 14.9. The molecule has 162 valence electrons. The van der Waals surface area contributed by atoms with Crippen LogP contribution in [0.5, 0.6) is 0 Å². The van der Waals surface area contributed by atoms with E-state index in [2.05, 4.69) is 5.32 Å². The van der Waals surface area contributed by atoms with Crippen molar-refractivity contribution in [2.45, 2.75) is 24.9 Å². The summed E-state index contributed by atoms with van der Waals surface area (Å²) in [5.74, 6) is -0.703. The normalized spacial score (nSPS) is 17.7. The molecule has 0 bridgehead atoms. The number of carbonyl (C=O) groups is 2. The van der Waals surface area contributed by atoms with E-state index in [1.54, 1.807) is 12.1 Å². The van der Waals surface area contributed by atoms with Crippen LogP contribution in [0.3, 0.4) is 0 Å². The van der Waals surface area contributed by atoms with Gasteiger partial charge in [-0.3, -0.25) is 24.6 Å². The molecule has 2 fully saturated rings. The number of amides is 2. The lowest BCUT2D eigenvalue weighted by Crippen LogP contribution is -2.50. The lowest BCUT2D eigenvalue weighted by molar-refractivity contribution is -0.384. The van der Waals surface area contributed by atoms with E-state index in [1.165, 1.54) is 6.07 Å². The average Bonchev–Trinajstić information content (AvgIpc) is 3.58. The van der Waals surface area contributed by atoms with Crippen LogP contribution < -0.4 is 16.0 Å². The number of hydrogen-bond donors (Lipinski definition) is 2. The summed E-state index contributed by atoms with van der Waals surface area (Å²) >= 11 is 0. The molecule has 2 aromatic rings. The second-order valence-corrected chi connectivity index (χ2v) is 7.95. The maximum Gasteiger partial charge on any atom is 0.293 e. The van der Waals surface area contributed by atoms with Gasteiger partial charge in [0, 0.05) is 43.9 Å². The van der Waals surface area contributed by atoms with Crippen LogP contribution in [0.25, 0.3) is 0 Å². The molecule has 1 aliphatic carbocycles. The van der Waals surface area contributed by atoms with E-state index in [1.807, 2.05) is 40.1 Å². The van der Waals surface area contributed by atoms with Gasteiger partial charge in [0.05, 0.1) is 4.92 Å². The molecule has 31 heavy (non-hydrogen) atoms. The molecule has 1 heterocycles. The Balaban J connectivity index is 1.49. The highest BCUT2D eigenvalue weighted by molar-refractivity contribution is 5.96. The molecule has 4 rings (SSSR count). The van der Waals surface area contributed by atoms with Crippen LogP contribution in [0.4, 0.5) is 11.4 Å². The van der Waals surface area contributed by atoms with E-state index in [0.29, 0.717) is 37.4 Å². The number of nitro groups is 1. The first kappa shape index (κ1) is 20.8. The smallest absolute Gasteiger partial charge is 0.293 e. The fourth-order valence-electron chi connectivity index (χ4n) is 3.99. The van der Waals surface area contributed by atoms with Crippen LogP contribution in [0, 0.1) is 10.1 Å². The highest BCUT2D eigenvalue weighted by Crippen LogP contribution is 2.32. The van der Waals surface area contributed by atoms with E-state index >= 15 is 0 Å². The van der Waals surface area contributed by atoms with Crippen molar-refractivity contribution in [2.24, 2.45) is 5.73 Å². The average molecular weight is 423 g/mol. The standard InChI is InChI=1S/C22H25N5O4/c23-21(28)20(15-4-2-1-3-5-15)26-12-10-25(11-13-26)18-9-6-16(14-19(18)27(30)31)22(29)24-17-7-8-17/h1-6,9,14,17,20H,7-8,10-13H2,(H2,23,28)(H,24,29). The predicted molar refractivity (Wildman–Crippen MR) is 116 cm³/mol. The van der Waals surface area contributed by atoms with Gasteiger partial charge in [0.15, 0.2) is 0 Å². The van der Waals surface area contributed by atoms with E-state index in [-0.39, 0.29) is 17.6 Å². The second-order valence-electron chi connectivity index (χ2n) is 7.95. The van der Waals surface area contributed by atoms with Crippen LogP contribution in [-0.4, -0.2) is 53.9 Å². The molecular weight excluding hydrogens is 398 g/mol. The van der Waals surface area contributed by atoms with Crippen LogP contribution in [0.1, 0.15) is 34.8 Å². The third kappa shape index (κ3) is 4.66. The molecule has 1 saturated heterocycles. The first-order valence-corrected chi connectivity index (χ1v) is 10.4. The summed E-state index contributed by atoms with van der Waals surface area (Å²) in [6, 6.07) is 13.6. The van der Waals surface area contributed by atoms with Crippen LogP contribution in [0.15, 0.2) is 48.5 Å². The summed E-state index contributed by atoms with van der Waals surface area (Å²) in [7, 11) is 0. The minimum absolute atomic E-state index is 0.0913. The minimum Gasteiger partial charge on any atom is -0.368 e. The molecule has 9 nitrogen and oxygen atoms in total. The van der Waals surface area contributed by atoms with Gasteiger partial charge in [-0.15, -0.1) is 0 Å². The SMILES string of the molecule is NC(=O)C(c1ccccc1)N1CCN(c2ccc(C(=O)NC3CC3)cc2[N+](=O)[O-])CC1. The third-order valence-corrected chi connectivity index (χ3v) is 5.75. The van der Waals surface area contributed by atoms with Crippen molar-refractivity contribution in [1.82, 2.24) is 10.2 Å². The van der Waals surface area contributed by atoms with Crippen molar-refractivity contribution in [3.8, 4) is 0 Å². The topological polar surface area (TPSA) is 122 Å². The van der Waals surface area contributed by atoms with Gasteiger partial charge in [-0.2, -0.15) is 0 Å².